The van der Waals surface area contributed by atoms with Crippen LogP contribution in [0.2, 0.25) is 0 Å². The maximum atomic E-state index is 7.05. The fourth-order valence-corrected chi connectivity index (χ4v) is 1.48. The quantitative estimate of drug-likeness (QED) is 0.295. The van der Waals surface area contributed by atoms with Gasteiger partial charge < -0.3 is 5.73 Å². The summed E-state index contributed by atoms with van der Waals surface area (Å²) in [5, 5.41) is 7.83. The highest BCUT2D eigenvalue weighted by molar-refractivity contribution is 8.13. The molecule has 5 heteroatoms. The number of aryl methyl sites for hydroxylation is 2. The second-order valence-corrected chi connectivity index (χ2v) is 3.42. The van der Waals surface area contributed by atoms with E-state index in [0.29, 0.717) is 5.82 Å². The Bertz CT molecular complexity index is 290. The smallest absolute Gasteiger partial charge is 0.157 e. The zero-order chi connectivity index (χ0) is 9.14. The second kappa shape index (κ2) is 3.53. The van der Waals surface area contributed by atoms with Crippen molar-refractivity contribution in [1.82, 2.24) is 9.97 Å². The molecule has 1 aromatic heterocycles. The van der Waals surface area contributed by atoms with Crippen LogP contribution in [0.1, 0.15) is 11.5 Å². The van der Waals surface area contributed by atoms with Crippen molar-refractivity contribution in [3.05, 3.63) is 17.6 Å². The molecular formula is C7H10N4S. The lowest BCUT2D eigenvalue weighted by molar-refractivity contribution is 0.938. The van der Waals surface area contributed by atoms with Gasteiger partial charge >= 0.3 is 0 Å². The Morgan fingerprint density at radius 1 is 1.50 bits per heavy atom. The first-order valence-corrected chi connectivity index (χ1v) is 4.24. The predicted octanol–water partition coefficient (Wildman–Crippen LogP) is 1.08. The molecule has 0 aliphatic carbocycles. The molecule has 0 aromatic carbocycles. The molecular weight excluding hydrogens is 172 g/mol. The average Bonchev–Trinajstić information content (AvgIpc) is 1.81. The summed E-state index contributed by atoms with van der Waals surface area (Å²) in [5.74, 6) is 0.707. The van der Waals surface area contributed by atoms with Gasteiger partial charge in [0.05, 0.1) is 0 Å². The molecule has 0 aliphatic rings. The number of thioether (sulfide) groups is 1. The summed E-state index contributed by atoms with van der Waals surface area (Å²) in [6.45, 7) is 3.70. The second-order valence-electron chi connectivity index (χ2n) is 2.36. The first kappa shape index (κ1) is 8.99. The molecule has 1 heterocycles. The summed E-state index contributed by atoms with van der Waals surface area (Å²) < 4.78 is 0. The molecule has 3 N–H and O–H groups in total. The largest absolute Gasteiger partial charge is 0.378 e. The van der Waals surface area contributed by atoms with Crippen LogP contribution in [0.5, 0.6) is 0 Å². The van der Waals surface area contributed by atoms with Gasteiger partial charge in [-0.2, -0.15) is 0 Å². The minimum absolute atomic E-state index is 0.0486. The lowest BCUT2D eigenvalue weighted by Crippen LogP contribution is -2.04. The fourth-order valence-electron chi connectivity index (χ4n) is 0.848. The SMILES string of the molecule is Cc1cc(SC(=N)N)nc(C)n1. The molecule has 4 nitrogen and oxygen atoms in total. The third-order valence-electron chi connectivity index (χ3n) is 1.16. The zero-order valence-electron chi connectivity index (χ0n) is 6.96. The van der Waals surface area contributed by atoms with Crippen molar-refractivity contribution in [3.8, 4) is 0 Å². The number of hydrogen-bond acceptors (Lipinski definition) is 4. The molecule has 0 radical (unpaired) electrons. The van der Waals surface area contributed by atoms with Crippen LogP contribution in [-0.2, 0) is 0 Å². The third kappa shape index (κ3) is 2.50. The van der Waals surface area contributed by atoms with E-state index in [0.717, 1.165) is 22.5 Å². The van der Waals surface area contributed by atoms with Gasteiger partial charge in [0, 0.05) is 5.69 Å². The molecule has 0 saturated carbocycles. The van der Waals surface area contributed by atoms with E-state index in [2.05, 4.69) is 9.97 Å². The summed E-state index contributed by atoms with van der Waals surface area (Å²) in [4.78, 5) is 8.21. The van der Waals surface area contributed by atoms with Crippen molar-refractivity contribution in [2.75, 3.05) is 0 Å². The van der Waals surface area contributed by atoms with Crippen LogP contribution in [0.4, 0.5) is 0 Å². The van der Waals surface area contributed by atoms with Crippen LogP contribution >= 0.6 is 11.8 Å². The van der Waals surface area contributed by atoms with Crippen molar-refractivity contribution < 1.29 is 0 Å². The number of nitrogens with one attached hydrogen (secondary N) is 1. The topological polar surface area (TPSA) is 75.7 Å². The van der Waals surface area contributed by atoms with Crippen molar-refractivity contribution in [1.29, 1.82) is 5.41 Å². The van der Waals surface area contributed by atoms with Crippen LogP contribution in [0.25, 0.3) is 0 Å². The Kier molecular flexibility index (Phi) is 2.65. The highest BCUT2D eigenvalue weighted by Gasteiger charge is 2.00. The molecule has 64 valence electrons. The zero-order valence-corrected chi connectivity index (χ0v) is 7.77. The van der Waals surface area contributed by atoms with Crippen LogP contribution in [-0.4, -0.2) is 15.1 Å². The van der Waals surface area contributed by atoms with Crippen molar-refractivity contribution in [2.24, 2.45) is 5.73 Å². The lowest BCUT2D eigenvalue weighted by atomic mass is 10.4. The Morgan fingerprint density at radius 2 is 2.17 bits per heavy atom. The molecule has 1 aromatic rings. The van der Waals surface area contributed by atoms with Gasteiger partial charge in [-0.15, -0.1) is 0 Å². The van der Waals surface area contributed by atoms with E-state index < -0.39 is 0 Å². The maximum absolute atomic E-state index is 7.05. The monoisotopic (exact) mass is 182 g/mol. The molecule has 12 heavy (non-hydrogen) atoms. The number of amidine groups is 1. The molecule has 0 atom stereocenters. The first-order valence-electron chi connectivity index (χ1n) is 3.42. The summed E-state index contributed by atoms with van der Waals surface area (Å²) in [6, 6.07) is 1.80. The van der Waals surface area contributed by atoms with Gasteiger partial charge in [-0.25, -0.2) is 9.97 Å². The van der Waals surface area contributed by atoms with Crippen LogP contribution in [0.15, 0.2) is 11.1 Å². The number of rotatable bonds is 1. The van der Waals surface area contributed by atoms with E-state index in [1.165, 1.54) is 0 Å². The van der Waals surface area contributed by atoms with Gasteiger partial charge in [0.2, 0.25) is 0 Å². The normalized spacial score (nSPS) is 9.83. The van der Waals surface area contributed by atoms with Gasteiger partial charge in [-0.05, 0) is 31.7 Å². The fraction of sp³-hybridized carbons (Fsp3) is 0.286. The Labute approximate surface area is 75.1 Å². The Morgan fingerprint density at radius 3 is 2.67 bits per heavy atom. The number of nitrogens with two attached hydrogens (primary N) is 1. The highest BCUT2D eigenvalue weighted by Crippen LogP contribution is 2.14. The Hall–Kier alpha value is -1.10. The maximum Gasteiger partial charge on any atom is 0.157 e. The molecule has 0 fully saturated rings. The number of nitrogens with zero attached hydrogens (tertiary/aromatic N) is 2. The number of hydrogen-bond donors (Lipinski definition) is 2. The molecule has 0 aliphatic heterocycles. The lowest BCUT2D eigenvalue weighted by Gasteiger charge is -2.00. The molecule has 0 spiro atoms. The summed E-state index contributed by atoms with van der Waals surface area (Å²) in [6.07, 6.45) is 0. The molecule has 0 saturated heterocycles. The van der Waals surface area contributed by atoms with E-state index >= 15 is 0 Å². The number of aromatic nitrogens is 2. The van der Waals surface area contributed by atoms with Crippen molar-refractivity contribution >= 4 is 16.9 Å². The molecule has 0 bridgehead atoms. The minimum Gasteiger partial charge on any atom is -0.378 e. The molecule has 1 rings (SSSR count). The van der Waals surface area contributed by atoms with Gasteiger partial charge in [-0.3, -0.25) is 5.41 Å². The van der Waals surface area contributed by atoms with Crippen LogP contribution < -0.4 is 5.73 Å². The third-order valence-corrected chi connectivity index (χ3v) is 1.80. The predicted molar refractivity (Wildman–Crippen MR) is 49.3 cm³/mol. The average molecular weight is 182 g/mol. The van der Waals surface area contributed by atoms with Gasteiger partial charge in [0.25, 0.3) is 0 Å². The van der Waals surface area contributed by atoms with Crippen LogP contribution in [0, 0.1) is 19.3 Å². The Balaban J connectivity index is 2.93. The standard InChI is InChI=1S/C7H10N4S/c1-4-3-6(12-7(8)9)11-5(2)10-4/h3H,1-2H3,(H3,8,9). The van der Waals surface area contributed by atoms with Crippen molar-refractivity contribution in [2.45, 2.75) is 18.9 Å². The van der Waals surface area contributed by atoms with E-state index in [-0.39, 0.29) is 5.17 Å². The van der Waals surface area contributed by atoms with E-state index in [4.69, 9.17) is 11.1 Å². The first-order chi connectivity index (χ1) is 5.58. The van der Waals surface area contributed by atoms with Crippen LogP contribution in [0.3, 0.4) is 0 Å². The summed E-state index contributed by atoms with van der Waals surface area (Å²) in [7, 11) is 0. The summed E-state index contributed by atoms with van der Waals surface area (Å²) >= 11 is 1.14. The molecule has 0 unspecified atom stereocenters. The minimum atomic E-state index is 0.0486. The van der Waals surface area contributed by atoms with Gasteiger partial charge in [0.15, 0.2) is 5.17 Å². The van der Waals surface area contributed by atoms with E-state index in [1.807, 2.05) is 13.8 Å². The van der Waals surface area contributed by atoms with Crippen molar-refractivity contribution in [3.63, 3.8) is 0 Å². The van der Waals surface area contributed by atoms with E-state index in [1.54, 1.807) is 6.07 Å². The van der Waals surface area contributed by atoms with E-state index in [9.17, 15) is 0 Å². The molecule has 0 amide bonds. The van der Waals surface area contributed by atoms with Gasteiger partial charge in [-0.1, -0.05) is 0 Å². The van der Waals surface area contributed by atoms with Gasteiger partial charge in [0.1, 0.15) is 10.9 Å². The summed E-state index contributed by atoms with van der Waals surface area (Å²) in [5.41, 5.74) is 6.11. The highest BCUT2D eigenvalue weighted by atomic mass is 32.2.